The number of nitrogens with two attached hydrogens (primary N) is 1. The molecular formula is C11H8BrCl2N3O2S. The average Bonchev–Trinajstić information content (AvgIpc) is 2.33. The van der Waals surface area contributed by atoms with Gasteiger partial charge in [-0.2, -0.15) is 0 Å². The van der Waals surface area contributed by atoms with E-state index in [1.807, 2.05) is 0 Å². The SMILES string of the molecule is Nc1cc(Cl)cc(S(=O)(=O)Nc2ccnc(Cl)c2)c1Br. The zero-order valence-corrected chi connectivity index (χ0v) is 13.7. The van der Waals surface area contributed by atoms with Crippen LogP contribution in [-0.4, -0.2) is 13.4 Å². The number of pyridine rings is 1. The summed E-state index contributed by atoms with van der Waals surface area (Å²) in [4.78, 5) is 3.71. The summed E-state index contributed by atoms with van der Waals surface area (Å²) in [7, 11) is -3.85. The number of anilines is 2. The maximum absolute atomic E-state index is 12.3. The van der Waals surface area contributed by atoms with E-state index in [2.05, 4.69) is 25.6 Å². The monoisotopic (exact) mass is 395 g/mol. The van der Waals surface area contributed by atoms with Gasteiger partial charge in [0.05, 0.1) is 10.2 Å². The molecule has 0 atom stereocenters. The second-order valence-electron chi connectivity index (χ2n) is 3.78. The van der Waals surface area contributed by atoms with Gasteiger partial charge in [0.15, 0.2) is 0 Å². The molecule has 0 fully saturated rings. The van der Waals surface area contributed by atoms with Crippen molar-refractivity contribution in [2.24, 2.45) is 0 Å². The van der Waals surface area contributed by atoms with E-state index in [4.69, 9.17) is 28.9 Å². The summed E-state index contributed by atoms with van der Waals surface area (Å²) in [5.41, 5.74) is 6.20. The molecule has 0 bridgehead atoms. The van der Waals surface area contributed by atoms with E-state index in [1.165, 1.54) is 30.5 Å². The van der Waals surface area contributed by atoms with Crippen molar-refractivity contribution < 1.29 is 8.42 Å². The molecular weight excluding hydrogens is 389 g/mol. The van der Waals surface area contributed by atoms with Crippen LogP contribution in [0.1, 0.15) is 0 Å². The van der Waals surface area contributed by atoms with Gasteiger partial charge < -0.3 is 5.73 Å². The van der Waals surface area contributed by atoms with Crippen LogP contribution in [0.4, 0.5) is 11.4 Å². The molecule has 0 spiro atoms. The Hall–Kier alpha value is -1.02. The Kier molecular flexibility index (Phi) is 4.43. The fourth-order valence-corrected chi connectivity index (χ4v) is 3.97. The van der Waals surface area contributed by atoms with Crippen molar-refractivity contribution in [2.75, 3.05) is 10.5 Å². The summed E-state index contributed by atoms with van der Waals surface area (Å²) in [5, 5.41) is 0.397. The van der Waals surface area contributed by atoms with Crippen molar-refractivity contribution in [1.82, 2.24) is 4.98 Å². The highest BCUT2D eigenvalue weighted by molar-refractivity contribution is 9.10. The number of sulfonamides is 1. The van der Waals surface area contributed by atoms with Crippen LogP contribution >= 0.6 is 39.1 Å². The Morgan fingerprint density at radius 3 is 2.60 bits per heavy atom. The second-order valence-corrected chi connectivity index (χ2v) is 7.05. The zero-order chi connectivity index (χ0) is 14.9. The number of rotatable bonds is 3. The van der Waals surface area contributed by atoms with Crippen LogP contribution in [0.2, 0.25) is 10.2 Å². The number of nitrogen functional groups attached to an aromatic ring is 1. The van der Waals surface area contributed by atoms with Crippen LogP contribution in [0.3, 0.4) is 0 Å². The number of benzene rings is 1. The number of hydrogen-bond donors (Lipinski definition) is 2. The molecule has 3 N–H and O–H groups in total. The number of nitrogens with one attached hydrogen (secondary N) is 1. The zero-order valence-electron chi connectivity index (χ0n) is 9.77. The molecule has 106 valence electrons. The smallest absolute Gasteiger partial charge is 0.263 e. The van der Waals surface area contributed by atoms with Crippen molar-refractivity contribution in [2.45, 2.75) is 4.90 Å². The van der Waals surface area contributed by atoms with Crippen molar-refractivity contribution in [3.05, 3.63) is 45.1 Å². The molecule has 0 aliphatic heterocycles. The van der Waals surface area contributed by atoms with Gasteiger partial charge in [0.25, 0.3) is 10.0 Å². The van der Waals surface area contributed by atoms with Crippen molar-refractivity contribution in [3.63, 3.8) is 0 Å². The molecule has 0 saturated carbocycles. The van der Waals surface area contributed by atoms with E-state index in [-0.39, 0.29) is 30.9 Å². The summed E-state index contributed by atoms with van der Waals surface area (Å²) in [5.74, 6) is 0. The van der Waals surface area contributed by atoms with Gasteiger partial charge in [-0.3, -0.25) is 4.72 Å². The molecule has 1 heterocycles. The van der Waals surface area contributed by atoms with Crippen molar-refractivity contribution >= 4 is 60.5 Å². The van der Waals surface area contributed by atoms with Gasteiger partial charge >= 0.3 is 0 Å². The van der Waals surface area contributed by atoms with Crippen LogP contribution in [0.15, 0.2) is 39.8 Å². The van der Waals surface area contributed by atoms with Gasteiger partial charge in [-0.05, 0) is 40.2 Å². The maximum atomic E-state index is 12.3. The summed E-state index contributed by atoms with van der Waals surface area (Å²) >= 11 is 14.7. The van der Waals surface area contributed by atoms with E-state index in [1.54, 1.807) is 0 Å². The van der Waals surface area contributed by atoms with Crippen molar-refractivity contribution in [1.29, 1.82) is 0 Å². The molecule has 0 saturated heterocycles. The topological polar surface area (TPSA) is 85.1 Å². The lowest BCUT2D eigenvalue weighted by Crippen LogP contribution is -2.14. The number of nitrogens with zero attached hydrogens (tertiary/aromatic N) is 1. The van der Waals surface area contributed by atoms with Gasteiger partial charge in [-0.25, -0.2) is 13.4 Å². The Labute approximate surface area is 134 Å². The van der Waals surface area contributed by atoms with E-state index in [0.717, 1.165) is 0 Å². The molecule has 0 aliphatic rings. The lowest BCUT2D eigenvalue weighted by molar-refractivity contribution is 0.601. The number of halogens is 3. The first kappa shape index (κ1) is 15.4. The lowest BCUT2D eigenvalue weighted by Gasteiger charge is -2.11. The summed E-state index contributed by atoms with van der Waals surface area (Å²) in [6.07, 6.45) is 1.39. The van der Waals surface area contributed by atoms with E-state index >= 15 is 0 Å². The van der Waals surface area contributed by atoms with Gasteiger partial charge in [0.2, 0.25) is 0 Å². The molecule has 9 heteroatoms. The molecule has 0 radical (unpaired) electrons. The fraction of sp³-hybridized carbons (Fsp3) is 0. The minimum Gasteiger partial charge on any atom is -0.398 e. The highest BCUT2D eigenvalue weighted by atomic mass is 79.9. The minimum atomic E-state index is -3.85. The summed E-state index contributed by atoms with van der Waals surface area (Å²) in [6, 6.07) is 5.62. The third kappa shape index (κ3) is 3.35. The highest BCUT2D eigenvalue weighted by Crippen LogP contribution is 2.32. The molecule has 2 rings (SSSR count). The van der Waals surface area contributed by atoms with Crippen LogP contribution < -0.4 is 10.5 Å². The second kappa shape index (κ2) is 5.77. The van der Waals surface area contributed by atoms with Gasteiger partial charge in [-0.1, -0.05) is 23.2 Å². The standard InChI is InChI=1S/C11H8BrCl2N3O2S/c12-11-8(15)3-6(13)4-9(11)20(18,19)17-7-1-2-16-10(14)5-7/h1-5H,15H2,(H,16,17). The van der Waals surface area contributed by atoms with E-state index in [9.17, 15) is 8.42 Å². The van der Waals surface area contributed by atoms with Crippen LogP contribution in [0, 0.1) is 0 Å². The molecule has 5 nitrogen and oxygen atoms in total. The molecule has 0 amide bonds. The highest BCUT2D eigenvalue weighted by Gasteiger charge is 2.20. The number of hydrogen-bond acceptors (Lipinski definition) is 4. The Morgan fingerprint density at radius 1 is 1.25 bits per heavy atom. The Bertz CT molecular complexity index is 768. The van der Waals surface area contributed by atoms with Crippen LogP contribution in [0.25, 0.3) is 0 Å². The first-order valence-corrected chi connectivity index (χ1v) is 8.22. The predicted molar refractivity (Wildman–Crippen MR) is 83.6 cm³/mol. The average molecular weight is 397 g/mol. The normalized spacial score (nSPS) is 11.3. The van der Waals surface area contributed by atoms with Gasteiger partial charge in [-0.15, -0.1) is 0 Å². The van der Waals surface area contributed by atoms with E-state index < -0.39 is 10.0 Å². The largest absolute Gasteiger partial charge is 0.398 e. The quantitative estimate of drug-likeness (QED) is 0.613. The first-order valence-electron chi connectivity index (χ1n) is 5.18. The van der Waals surface area contributed by atoms with Crippen LogP contribution in [0.5, 0.6) is 0 Å². The van der Waals surface area contributed by atoms with Gasteiger partial charge in [0, 0.05) is 16.9 Å². The first-order chi connectivity index (χ1) is 9.29. The molecule has 20 heavy (non-hydrogen) atoms. The molecule has 0 unspecified atom stereocenters. The summed E-state index contributed by atoms with van der Waals surface area (Å²) in [6.45, 7) is 0. The maximum Gasteiger partial charge on any atom is 0.263 e. The molecule has 0 aliphatic carbocycles. The molecule has 2 aromatic rings. The molecule has 1 aromatic carbocycles. The van der Waals surface area contributed by atoms with Gasteiger partial charge in [0.1, 0.15) is 10.0 Å². The predicted octanol–water partition coefficient (Wildman–Crippen LogP) is 3.53. The van der Waals surface area contributed by atoms with Crippen molar-refractivity contribution in [3.8, 4) is 0 Å². The fourth-order valence-electron chi connectivity index (χ4n) is 1.46. The Morgan fingerprint density at radius 2 is 1.95 bits per heavy atom. The third-order valence-corrected chi connectivity index (χ3v) is 5.28. The summed E-state index contributed by atoms with van der Waals surface area (Å²) < 4.78 is 27.3. The molecule has 1 aromatic heterocycles. The number of aromatic nitrogens is 1. The lowest BCUT2D eigenvalue weighted by atomic mass is 10.3. The Balaban J connectivity index is 2.46. The van der Waals surface area contributed by atoms with Crippen LogP contribution in [-0.2, 0) is 10.0 Å². The third-order valence-electron chi connectivity index (χ3n) is 2.30. The van der Waals surface area contributed by atoms with E-state index in [0.29, 0.717) is 0 Å². The minimum absolute atomic E-state index is 0.0598.